The molecule has 0 unspecified atom stereocenters. The summed E-state index contributed by atoms with van der Waals surface area (Å²) >= 11 is 6.15. The highest BCUT2D eigenvalue weighted by Gasteiger charge is 2.27. The van der Waals surface area contributed by atoms with Crippen molar-refractivity contribution in [3.63, 3.8) is 0 Å². The van der Waals surface area contributed by atoms with Crippen LogP contribution in [-0.2, 0) is 38.5 Å². The van der Waals surface area contributed by atoms with Gasteiger partial charge in [-0.1, -0.05) is 76.3 Å². The molecule has 8 rings (SSSR count). The number of carbonyl (C=O) groups is 3. The fourth-order valence-corrected chi connectivity index (χ4v) is 10.4. The molecule has 0 saturated carbocycles. The number of piperidine rings is 2. The van der Waals surface area contributed by atoms with Gasteiger partial charge in [0.1, 0.15) is 17.8 Å². The lowest BCUT2D eigenvalue weighted by Gasteiger charge is -2.31. The van der Waals surface area contributed by atoms with Crippen LogP contribution in [0.5, 0.6) is 0 Å². The Morgan fingerprint density at radius 1 is 0.704 bits per heavy atom. The third kappa shape index (κ3) is 17.2. The first kappa shape index (κ1) is 54.5. The molecule has 23 heteroatoms. The number of anilines is 2. The summed E-state index contributed by atoms with van der Waals surface area (Å²) in [6, 6.07) is 12.1. The second kappa shape index (κ2) is 25.5. The molecule has 0 atom stereocenters. The Bertz CT molecular complexity index is 2690. The predicted octanol–water partition coefficient (Wildman–Crippen LogP) is 10.5. The van der Waals surface area contributed by atoms with Crippen LogP contribution in [0.3, 0.4) is 0 Å². The normalized spacial score (nSPS) is 14.6. The van der Waals surface area contributed by atoms with Crippen molar-refractivity contribution in [2.75, 3.05) is 36.8 Å². The average Bonchev–Trinajstić information content (AvgIpc) is 4.20. The number of non-ortho nitro benzene ring substituents is 2. The number of hydrogen-bond acceptors (Lipinski definition) is 19. The summed E-state index contributed by atoms with van der Waals surface area (Å²) in [7, 11) is 0. The number of oxazole rings is 2. The van der Waals surface area contributed by atoms with Gasteiger partial charge < -0.3 is 24.8 Å². The number of amides is 2. The molecule has 2 fully saturated rings. The maximum absolute atomic E-state index is 12.8. The summed E-state index contributed by atoms with van der Waals surface area (Å²) in [5, 5.41) is 31.4. The number of rotatable bonds is 15. The highest BCUT2D eigenvalue weighted by Crippen LogP contribution is 2.34. The smallest absolute Gasteiger partial charge is 0.269 e. The van der Waals surface area contributed by atoms with Crippen LogP contribution in [0.4, 0.5) is 21.6 Å². The minimum Gasteiger partial charge on any atom is -0.444 e. The van der Waals surface area contributed by atoms with E-state index >= 15 is 0 Å². The van der Waals surface area contributed by atoms with E-state index < -0.39 is 9.85 Å². The van der Waals surface area contributed by atoms with Crippen molar-refractivity contribution in [2.24, 2.45) is 11.8 Å². The zero-order valence-corrected chi connectivity index (χ0v) is 43.6. The molecule has 0 radical (unpaired) electrons. The molecule has 19 nitrogen and oxygen atoms in total. The van der Waals surface area contributed by atoms with Gasteiger partial charge in [-0.05, 0) is 69.6 Å². The van der Waals surface area contributed by atoms with Crippen molar-refractivity contribution in [3.05, 3.63) is 128 Å². The van der Waals surface area contributed by atoms with Crippen molar-refractivity contribution in [1.82, 2.24) is 30.2 Å². The maximum Gasteiger partial charge on any atom is 0.269 e. The van der Waals surface area contributed by atoms with Gasteiger partial charge in [0, 0.05) is 59.0 Å². The number of nitro benzene ring substituents is 2. The Labute approximate surface area is 428 Å². The molecule has 0 aliphatic carbocycles. The second-order valence-corrected chi connectivity index (χ2v) is 23.3. The van der Waals surface area contributed by atoms with Crippen LogP contribution in [0.25, 0.3) is 0 Å². The fourth-order valence-electron chi connectivity index (χ4n) is 6.99. The molecule has 4 aromatic heterocycles. The Hall–Kier alpha value is -5.85. The number of carbonyl (C=O) groups excluding carboxylic acids is 3. The molecule has 2 aliphatic heterocycles. The van der Waals surface area contributed by atoms with Crippen LogP contribution in [0.15, 0.2) is 90.6 Å². The van der Waals surface area contributed by atoms with Gasteiger partial charge in [-0.2, -0.15) is 0 Å². The molecule has 71 heavy (non-hydrogen) atoms. The number of nitrogens with zero attached hydrogens (tertiary/aromatic N) is 7. The van der Waals surface area contributed by atoms with Crippen molar-refractivity contribution >= 4 is 85.9 Å². The van der Waals surface area contributed by atoms with Crippen LogP contribution in [0, 0.1) is 32.1 Å². The Morgan fingerprint density at radius 2 is 1.14 bits per heavy atom. The molecule has 6 aromatic rings. The number of nitrogens with one attached hydrogen (secondary N) is 3. The van der Waals surface area contributed by atoms with Gasteiger partial charge in [0.25, 0.3) is 11.4 Å². The first-order valence-electron chi connectivity index (χ1n) is 22.9. The van der Waals surface area contributed by atoms with E-state index in [-0.39, 0.29) is 45.9 Å². The molecular weight excluding hydrogens is 989 g/mol. The highest BCUT2D eigenvalue weighted by atomic mass is 32.2. The number of aromatic nitrogens is 4. The van der Waals surface area contributed by atoms with E-state index in [1.54, 1.807) is 60.4 Å². The first-order valence-corrected chi connectivity index (χ1v) is 26.5. The number of aldehydes is 1. The standard InChI is InChI=1S/C24H29N5O4S2.C17H24N4O2S2.C7H5NO3/c1-24(2,3)19-12-25-20(33-19)15-34-21-13-26-23(35-21)27-22(30)17-8-10-28(11-9-17)14-16-4-6-18(7-5-16)29(31)32;1-17(2,3)12-8-19-13(23-12)10-24-14-9-20-16(25-14)21-15(22)11-4-6-18-7-5-11;9-5-6-1-3-7(4-2-6)8(10)11/h4-7,12-13,17H,8-11,14-15H2,1-3H3,(H,26,27,30);8-9,11,18H,4-7,10H2,1-3H3,(H,20,21,22);1-5H. The molecule has 2 saturated heterocycles. The van der Waals surface area contributed by atoms with Gasteiger partial charge in [-0.25, -0.2) is 19.9 Å². The summed E-state index contributed by atoms with van der Waals surface area (Å²) in [6.07, 6.45) is 11.1. The van der Waals surface area contributed by atoms with Crippen molar-refractivity contribution < 1.29 is 33.1 Å². The van der Waals surface area contributed by atoms with Gasteiger partial charge in [-0.15, -0.1) is 23.5 Å². The molecule has 2 aromatic carbocycles. The number of nitro groups is 2. The molecule has 3 N–H and O–H groups in total. The van der Waals surface area contributed by atoms with Crippen LogP contribution >= 0.6 is 46.2 Å². The van der Waals surface area contributed by atoms with E-state index in [4.69, 9.17) is 8.83 Å². The van der Waals surface area contributed by atoms with E-state index in [0.717, 1.165) is 83.9 Å². The summed E-state index contributed by atoms with van der Waals surface area (Å²) in [5.41, 5.74) is 1.46. The van der Waals surface area contributed by atoms with Crippen LogP contribution in [-0.4, -0.2) is 79.0 Å². The minimum atomic E-state index is -0.505. The number of likely N-dealkylation sites (tertiary alicyclic amines) is 1. The molecule has 0 spiro atoms. The molecule has 6 heterocycles. The summed E-state index contributed by atoms with van der Waals surface area (Å²) in [6.45, 7) is 16.7. The lowest BCUT2D eigenvalue weighted by atomic mass is 9.94. The van der Waals surface area contributed by atoms with Gasteiger partial charge >= 0.3 is 0 Å². The van der Waals surface area contributed by atoms with Gasteiger partial charge in [0.2, 0.25) is 23.6 Å². The average molecular weight is 1050 g/mol. The summed E-state index contributed by atoms with van der Waals surface area (Å²) in [4.78, 5) is 74.8. The van der Waals surface area contributed by atoms with Crippen LogP contribution in [0.1, 0.15) is 106 Å². The topological polar surface area (TPSA) is 255 Å². The molecular formula is C48H58N10O9S4. The van der Waals surface area contributed by atoms with Gasteiger partial charge in [0.05, 0.1) is 54.6 Å². The third-order valence-corrected chi connectivity index (χ3v) is 15.3. The molecule has 2 amide bonds. The van der Waals surface area contributed by atoms with Crippen LogP contribution in [0.2, 0.25) is 0 Å². The van der Waals surface area contributed by atoms with Crippen LogP contribution < -0.4 is 16.0 Å². The van der Waals surface area contributed by atoms with Gasteiger partial charge in [0.15, 0.2) is 10.3 Å². The summed E-state index contributed by atoms with van der Waals surface area (Å²) in [5.74, 6) is 4.53. The van der Waals surface area contributed by atoms with E-state index in [1.165, 1.54) is 59.1 Å². The first-order chi connectivity index (χ1) is 33.8. The Balaban J connectivity index is 0.000000198. The SMILES string of the molecule is CC(C)(C)c1cnc(CSc2cnc(NC(=O)C3CCN(Cc4ccc([N+](=O)[O-])cc4)CC3)s2)o1.CC(C)(C)c1cnc(CSc2cnc(NC(=O)C3CCNCC3)s2)o1.O=Cc1ccc([N+](=O)[O-])cc1. The number of hydrogen-bond donors (Lipinski definition) is 3. The lowest BCUT2D eigenvalue weighted by molar-refractivity contribution is -0.385. The molecule has 378 valence electrons. The minimum absolute atomic E-state index is 0.00407. The predicted molar refractivity (Wildman–Crippen MR) is 276 cm³/mol. The van der Waals surface area contributed by atoms with E-state index in [1.807, 2.05) is 0 Å². The van der Waals surface area contributed by atoms with Crippen molar-refractivity contribution in [3.8, 4) is 0 Å². The van der Waals surface area contributed by atoms with E-state index in [9.17, 15) is 34.6 Å². The zero-order chi connectivity index (χ0) is 51.1. The quantitative estimate of drug-likeness (QED) is 0.0374. The lowest BCUT2D eigenvalue weighted by Crippen LogP contribution is -2.37. The Kier molecular flexibility index (Phi) is 19.6. The maximum atomic E-state index is 12.8. The zero-order valence-electron chi connectivity index (χ0n) is 40.4. The third-order valence-electron chi connectivity index (χ3n) is 11.2. The van der Waals surface area contributed by atoms with E-state index in [2.05, 4.69) is 82.3 Å². The summed E-state index contributed by atoms with van der Waals surface area (Å²) < 4.78 is 13.7. The molecule has 0 bridgehead atoms. The number of thioether (sulfide) groups is 2. The van der Waals surface area contributed by atoms with Crippen molar-refractivity contribution in [1.29, 1.82) is 0 Å². The van der Waals surface area contributed by atoms with Crippen molar-refractivity contribution in [2.45, 2.75) is 105 Å². The number of benzene rings is 2. The largest absolute Gasteiger partial charge is 0.444 e. The molecule has 2 aliphatic rings. The second-order valence-electron chi connectivity index (χ2n) is 18.7. The monoisotopic (exact) mass is 1050 g/mol. The fraction of sp³-hybridized carbons (Fsp3) is 0.438. The highest BCUT2D eigenvalue weighted by molar-refractivity contribution is 8.00. The Morgan fingerprint density at radius 3 is 1.55 bits per heavy atom. The van der Waals surface area contributed by atoms with Gasteiger partial charge in [-0.3, -0.25) is 39.5 Å². The number of thiazole rings is 2. The van der Waals surface area contributed by atoms with E-state index in [0.29, 0.717) is 45.4 Å².